The molecule has 112 valence electrons. The summed E-state index contributed by atoms with van der Waals surface area (Å²) in [6, 6.07) is 1.58. The zero-order valence-corrected chi connectivity index (χ0v) is 12.6. The molecule has 1 saturated heterocycles. The molecule has 0 amide bonds. The third-order valence-corrected chi connectivity index (χ3v) is 3.38. The molecule has 20 heavy (non-hydrogen) atoms. The van der Waals surface area contributed by atoms with Gasteiger partial charge in [0.15, 0.2) is 0 Å². The summed E-state index contributed by atoms with van der Waals surface area (Å²) in [6.07, 6.45) is 2.35. The highest BCUT2D eigenvalue weighted by molar-refractivity contribution is 5.47. The van der Waals surface area contributed by atoms with Crippen molar-refractivity contribution in [1.82, 2.24) is 10.3 Å². The van der Waals surface area contributed by atoms with Gasteiger partial charge < -0.3 is 15.0 Å². The highest BCUT2D eigenvalue weighted by atomic mass is 19.1. The monoisotopic (exact) mass is 281 g/mol. The lowest BCUT2D eigenvalue weighted by Gasteiger charge is -2.39. The maximum atomic E-state index is 13.4. The predicted octanol–water partition coefficient (Wildman–Crippen LogP) is 2.34. The first-order valence-electron chi connectivity index (χ1n) is 7.26. The van der Waals surface area contributed by atoms with Gasteiger partial charge in [-0.25, -0.2) is 9.37 Å². The molecule has 0 unspecified atom stereocenters. The van der Waals surface area contributed by atoms with Crippen LogP contribution in [0.5, 0.6) is 0 Å². The van der Waals surface area contributed by atoms with Crippen molar-refractivity contribution in [3.63, 3.8) is 0 Å². The summed E-state index contributed by atoms with van der Waals surface area (Å²) in [5.74, 6) is 0.584. The van der Waals surface area contributed by atoms with Crippen molar-refractivity contribution in [2.45, 2.75) is 39.3 Å². The first-order valence-corrected chi connectivity index (χ1v) is 7.26. The van der Waals surface area contributed by atoms with Crippen LogP contribution in [-0.4, -0.2) is 36.8 Å². The van der Waals surface area contributed by atoms with Crippen LogP contribution in [0.2, 0.25) is 0 Å². The molecule has 0 bridgehead atoms. The van der Waals surface area contributed by atoms with Gasteiger partial charge in [-0.3, -0.25) is 0 Å². The number of nitrogens with one attached hydrogen (secondary N) is 1. The first kappa shape index (κ1) is 15.2. The zero-order chi connectivity index (χ0) is 14.6. The minimum absolute atomic E-state index is 0.192. The van der Waals surface area contributed by atoms with Crippen molar-refractivity contribution in [3.8, 4) is 0 Å². The van der Waals surface area contributed by atoms with Crippen molar-refractivity contribution in [1.29, 1.82) is 0 Å². The number of halogens is 1. The van der Waals surface area contributed by atoms with Crippen molar-refractivity contribution in [2.24, 2.45) is 0 Å². The minimum Gasteiger partial charge on any atom is -0.372 e. The highest BCUT2D eigenvalue weighted by Gasteiger charge is 2.29. The lowest BCUT2D eigenvalue weighted by Crippen LogP contribution is -2.49. The summed E-state index contributed by atoms with van der Waals surface area (Å²) in [6.45, 7) is 10.1. The first-order chi connectivity index (χ1) is 9.52. The molecule has 2 rings (SSSR count). The van der Waals surface area contributed by atoms with E-state index < -0.39 is 0 Å². The molecule has 1 aliphatic heterocycles. The van der Waals surface area contributed by atoms with Gasteiger partial charge in [-0.2, -0.15) is 0 Å². The number of rotatable bonds is 5. The van der Waals surface area contributed by atoms with E-state index >= 15 is 0 Å². The van der Waals surface area contributed by atoms with Gasteiger partial charge in [0.1, 0.15) is 11.6 Å². The Bertz CT molecular complexity index is 451. The number of nitrogens with zero attached hydrogens (tertiary/aromatic N) is 2. The van der Waals surface area contributed by atoms with Crippen LogP contribution in [0.3, 0.4) is 0 Å². The topological polar surface area (TPSA) is 37.4 Å². The van der Waals surface area contributed by atoms with Crippen LogP contribution in [0.1, 0.15) is 32.8 Å². The molecular weight excluding hydrogens is 257 g/mol. The Morgan fingerprint density at radius 3 is 3.00 bits per heavy atom. The minimum atomic E-state index is -0.283. The summed E-state index contributed by atoms with van der Waals surface area (Å²) in [5, 5.41) is 3.31. The van der Waals surface area contributed by atoms with Crippen molar-refractivity contribution in [3.05, 3.63) is 23.6 Å². The van der Waals surface area contributed by atoms with E-state index in [0.29, 0.717) is 13.2 Å². The van der Waals surface area contributed by atoms with Gasteiger partial charge >= 0.3 is 0 Å². The number of aromatic nitrogens is 1. The van der Waals surface area contributed by atoms with Gasteiger partial charge in [0.2, 0.25) is 0 Å². The van der Waals surface area contributed by atoms with Crippen molar-refractivity contribution in [2.75, 3.05) is 31.1 Å². The third-order valence-electron chi connectivity index (χ3n) is 3.38. The van der Waals surface area contributed by atoms with Gasteiger partial charge in [-0.05, 0) is 32.9 Å². The Morgan fingerprint density at radius 1 is 1.50 bits per heavy atom. The molecule has 0 aliphatic carbocycles. The average molecular weight is 281 g/mol. The quantitative estimate of drug-likeness (QED) is 0.841. The fraction of sp³-hybridized carbons (Fsp3) is 0.667. The molecule has 0 saturated carbocycles. The number of morpholine rings is 1. The van der Waals surface area contributed by atoms with E-state index in [1.807, 2.05) is 0 Å². The normalized spacial score (nSPS) is 18.3. The predicted molar refractivity (Wildman–Crippen MR) is 78.4 cm³/mol. The Labute approximate surface area is 120 Å². The van der Waals surface area contributed by atoms with E-state index in [-0.39, 0.29) is 11.4 Å². The van der Waals surface area contributed by atoms with Gasteiger partial charge in [0.05, 0.1) is 18.4 Å². The van der Waals surface area contributed by atoms with E-state index in [1.54, 1.807) is 6.07 Å². The summed E-state index contributed by atoms with van der Waals surface area (Å²) in [5.41, 5.74) is 0.721. The molecule has 0 aromatic carbocycles. The lowest BCUT2D eigenvalue weighted by molar-refractivity contribution is -0.0279. The second-order valence-electron chi connectivity index (χ2n) is 5.84. The molecule has 1 N–H and O–H groups in total. The number of hydrogen-bond acceptors (Lipinski definition) is 4. The van der Waals surface area contributed by atoms with Crippen LogP contribution >= 0.6 is 0 Å². The van der Waals surface area contributed by atoms with Gasteiger partial charge in [0.25, 0.3) is 0 Å². The van der Waals surface area contributed by atoms with E-state index in [4.69, 9.17) is 4.74 Å². The third kappa shape index (κ3) is 3.90. The molecule has 1 aliphatic rings. The molecule has 2 heterocycles. The van der Waals surface area contributed by atoms with Crippen LogP contribution in [0.4, 0.5) is 10.2 Å². The Morgan fingerprint density at radius 2 is 2.30 bits per heavy atom. The second kappa shape index (κ2) is 6.50. The molecule has 4 nitrogen and oxygen atoms in total. The zero-order valence-electron chi connectivity index (χ0n) is 12.6. The van der Waals surface area contributed by atoms with Crippen LogP contribution in [0, 0.1) is 5.82 Å². The van der Waals surface area contributed by atoms with Gasteiger partial charge in [-0.15, -0.1) is 0 Å². The lowest BCUT2D eigenvalue weighted by atomic mass is 10.1. The van der Waals surface area contributed by atoms with Crippen molar-refractivity contribution < 1.29 is 9.13 Å². The molecule has 0 spiro atoms. The van der Waals surface area contributed by atoms with E-state index in [1.165, 1.54) is 6.20 Å². The number of anilines is 1. The maximum Gasteiger partial charge on any atom is 0.141 e. The Balaban J connectivity index is 2.17. The maximum absolute atomic E-state index is 13.4. The van der Waals surface area contributed by atoms with E-state index in [0.717, 1.165) is 37.4 Å². The van der Waals surface area contributed by atoms with Crippen LogP contribution < -0.4 is 10.2 Å². The van der Waals surface area contributed by atoms with Crippen molar-refractivity contribution >= 4 is 5.82 Å². The molecule has 0 radical (unpaired) electrons. The number of hydrogen-bond donors (Lipinski definition) is 1. The summed E-state index contributed by atoms with van der Waals surface area (Å²) in [4.78, 5) is 6.49. The van der Waals surface area contributed by atoms with Gasteiger partial charge in [0, 0.05) is 25.2 Å². The standard InChI is InChI=1S/C15H24FN3O/c1-4-5-17-9-12-8-13(16)10-18-14(12)19-6-7-20-15(2,3)11-19/h8,10,17H,4-7,9,11H2,1-3H3. The highest BCUT2D eigenvalue weighted by Crippen LogP contribution is 2.24. The largest absolute Gasteiger partial charge is 0.372 e. The number of pyridine rings is 1. The fourth-order valence-electron chi connectivity index (χ4n) is 2.49. The SMILES string of the molecule is CCCNCc1cc(F)cnc1N1CCOC(C)(C)C1. The number of ether oxygens (including phenoxy) is 1. The molecule has 1 aromatic rings. The fourth-order valence-corrected chi connectivity index (χ4v) is 2.49. The average Bonchev–Trinajstić information content (AvgIpc) is 2.38. The van der Waals surface area contributed by atoms with E-state index in [2.05, 4.69) is 36.0 Å². The second-order valence-corrected chi connectivity index (χ2v) is 5.84. The Kier molecular flexibility index (Phi) is 4.94. The van der Waals surface area contributed by atoms with Crippen LogP contribution in [0.25, 0.3) is 0 Å². The molecule has 0 atom stereocenters. The summed E-state index contributed by atoms with van der Waals surface area (Å²) in [7, 11) is 0. The Hall–Kier alpha value is -1.20. The van der Waals surface area contributed by atoms with Crippen LogP contribution in [0.15, 0.2) is 12.3 Å². The molecule has 5 heteroatoms. The molecule has 1 fully saturated rings. The summed E-state index contributed by atoms with van der Waals surface area (Å²) < 4.78 is 19.2. The smallest absolute Gasteiger partial charge is 0.141 e. The van der Waals surface area contributed by atoms with E-state index in [9.17, 15) is 4.39 Å². The molecular formula is C15H24FN3O. The van der Waals surface area contributed by atoms with Crippen LogP contribution in [-0.2, 0) is 11.3 Å². The summed E-state index contributed by atoms with van der Waals surface area (Å²) >= 11 is 0. The molecule has 1 aromatic heterocycles. The van der Waals surface area contributed by atoms with Gasteiger partial charge in [-0.1, -0.05) is 6.92 Å².